The number of carbonyl (C=O) groups excluding carboxylic acids is 6. The third kappa shape index (κ3) is 17.4. The highest BCUT2D eigenvalue weighted by atomic mass is 33.1. The van der Waals surface area contributed by atoms with Gasteiger partial charge in [0.15, 0.2) is 0 Å². The fraction of sp³-hybridized carbons (Fsp3) is 0.692. The van der Waals surface area contributed by atoms with Crippen molar-refractivity contribution < 1.29 is 38.2 Å². The third-order valence-corrected chi connectivity index (χ3v) is 9.52. The molecule has 1 saturated heterocycles. The molecule has 4 N–H and O–H groups in total. The summed E-state index contributed by atoms with van der Waals surface area (Å²) in [5.41, 5.74) is 0.760. The van der Waals surface area contributed by atoms with Gasteiger partial charge in [-0.25, -0.2) is 4.79 Å². The summed E-state index contributed by atoms with van der Waals surface area (Å²) in [6.45, 7) is 12.0. The second-order valence-corrected chi connectivity index (χ2v) is 15.9. The molecular weight excluding hydrogens is 731 g/mol. The molecule has 1 heterocycles. The van der Waals surface area contributed by atoms with Crippen LogP contribution < -0.4 is 26.0 Å². The Morgan fingerprint density at radius 1 is 0.981 bits per heavy atom. The largest absolute Gasteiger partial charge is 0.497 e. The lowest BCUT2D eigenvalue weighted by Crippen LogP contribution is -2.55. The molecule has 306 valence electrons. The molecule has 0 bridgehead atoms. The lowest BCUT2D eigenvalue weighted by atomic mass is 9.94. The number of ether oxygens (including phenoxy) is 2. The molecule has 0 saturated carbocycles. The third-order valence-electron chi connectivity index (χ3n) is 9.52. The van der Waals surface area contributed by atoms with Crippen LogP contribution in [0.5, 0.6) is 5.75 Å². The van der Waals surface area contributed by atoms with Crippen molar-refractivity contribution in [3.63, 3.8) is 0 Å². The molecule has 0 aliphatic carbocycles. The summed E-state index contributed by atoms with van der Waals surface area (Å²) >= 11 is 3.71. The minimum Gasteiger partial charge on any atom is -0.497 e. The van der Waals surface area contributed by atoms with E-state index in [1.54, 1.807) is 43.3 Å². The Bertz CT molecular complexity index is 1320. The highest BCUT2D eigenvalue weighted by Crippen LogP contribution is 2.21. The molecule has 4 amide bonds. The van der Waals surface area contributed by atoms with E-state index < -0.39 is 36.0 Å². The van der Waals surface area contributed by atoms with Crippen molar-refractivity contribution in [1.82, 2.24) is 26.2 Å². The summed E-state index contributed by atoms with van der Waals surface area (Å²) in [5, 5.41) is 11.6. The van der Waals surface area contributed by atoms with Crippen molar-refractivity contribution in [1.29, 1.82) is 0 Å². The van der Waals surface area contributed by atoms with Crippen LogP contribution in [0.4, 0.5) is 0 Å². The molecule has 0 aromatic heterocycles. The molecular formula is C39H65N5O8S2. The van der Waals surface area contributed by atoms with E-state index >= 15 is 0 Å². The van der Waals surface area contributed by atoms with E-state index in [4.69, 9.17) is 9.47 Å². The number of hydrogen-bond acceptors (Lipinski definition) is 11. The topological polar surface area (TPSA) is 172 Å². The predicted octanol–water partition coefficient (Wildman–Crippen LogP) is 4.13. The molecule has 54 heavy (non-hydrogen) atoms. The highest BCUT2D eigenvalue weighted by Gasteiger charge is 2.38. The number of nitrogens with one attached hydrogen (secondary N) is 4. The van der Waals surface area contributed by atoms with E-state index in [0.29, 0.717) is 38.0 Å². The van der Waals surface area contributed by atoms with Crippen molar-refractivity contribution in [2.45, 2.75) is 123 Å². The van der Waals surface area contributed by atoms with E-state index in [0.717, 1.165) is 18.3 Å². The summed E-state index contributed by atoms with van der Waals surface area (Å²) < 4.78 is 10.8. The summed E-state index contributed by atoms with van der Waals surface area (Å²) in [6.07, 6.45) is 5.74. The second-order valence-electron chi connectivity index (χ2n) is 14.4. The van der Waals surface area contributed by atoms with Gasteiger partial charge < -0.3 is 40.4 Å². The fourth-order valence-corrected chi connectivity index (χ4v) is 6.09. The minimum atomic E-state index is -1.06. The zero-order valence-electron chi connectivity index (χ0n) is 33.6. The second kappa shape index (κ2) is 26.5. The number of likely N-dealkylation sites (tertiary alicyclic amines) is 1. The van der Waals surface area contributed by atoms with E-state index in [1.165, 1.54) is 10.8 Å². The number of hydrogen-bond donors (Lipinski definition) is 5. The predicted molar refractivity (Wildman–Crippen MR) is 217 cm³/mol. The number of methoxy groups -OCH3 is 1. The standard InChI is InChI=1S/C38H61N5O8.CH4S2/c1-9-26(6)29(16-17-34(45)41-32(23-44)25(4)5)40-35(46)18-20-51-38(49)31(22-27-12-14-28(50-8)15-13-27)42-36(47)33-11-10-19-43(33)37(48)30(39-7)21-24(2)3;1-3-2/h12-15,23-26,29-33,39H,9-11,16-22H2,1-8H3,(H,40,46)(H,41,45)(H,42,47);2H,1H3/t26?,29-,30?,31?,32?,33?;/m0./s1. The maximum atomic E-state index is 13.7. The van der Waals surface area contributed by atoms with E-state index in [-0.39, 0.29) is 67.4 Å². The number of carbonyl (C=O) groups is 6. The summed E-state index contributed by atoms with van der Waals surface area (Å²) in [5.74, 6) is -0.880. The highest BCUT2D eigenvalue weighted by molar-refractivity contribution is 8.68. The monoisotopic (exact) mass is 795 g/mol. The van der Waals surface area contributed by atoms with Crippen LogP contribution in [0, 0.1) is 17.8 Å². The van der Waals surface area contributed by atoms with Crippen LogP contribution >= 0.6 is 22.5 Å². The molecule has 1 aromatic carbocycles. The van der Waals surface area contributed by atoms with Crippen LogP contribution in [0.15, 0.2) is 24.3 Å². The number of amides is 4. The van der Waals surface area contributed by atoms with E-state index in [2.05, 4.69) is 32.9 Å². The molecule has 1 aliphatic heterocycles. The fourth-order valence-electron chi connectivity index (χ4n) is 6.09. The van der Waals surface area contributed by atoms with Gasteiger partial charge in [-0.15, -0.1) is 22.5 Å². The van der Waals surface area contributed by atoms with Gasteiger partial charge in [-0.1, -0.05) is 60.1 Å². The van der Waals surface area contributed by atoms with Crippen molar-refractivity contribution in [3.05, 3.63) is 29.8 Å². The van der Waals surface area contributed by atoms with Crippen LogP contribution in [0.1, 0.15) is 92.1 Å². The molecule has 1 aliphatic rings. The van der Waals surface area contributed by atoms with E-state index in [9.17, 15) is 28.8 Å². The normalized spacial score (nSPS) is 16.6. The van der Waals surface area contributed by atoms with Crippen LogP contribution in [0.2, 0.25) is 0 Å². The molecule has 0 radical (unpaired) electrons. The molecule has 1 fully saturated rings. The number of aldehydes is 1. The quantitative estimate of drug-likeness (QED) is 0.0498. The first-order valence-corrected chi connectivity index (χ1v) is 21.2. The molecule has 5 unspecified atom stereocenters. The molecule has 15 heteroatoms. The molecule has 6 atom stereocenters. The summed E-state index contributed by atoms with van der Waals surface area (Å²) in [7, 11) is 4.74. The zero-order valence-corrected chi connectivity index (χ0v) is 35.4. The summed E-state index contributed by atoms with van der Waals surface area (Å²) in [6, 6.07) is 4.06. The van der Waals surface area contributed by atoms with Gasteiger partial charge in [0, 0.05) is 25.4 Å². The number of nitrogens with zero attached hydrogens (tertiary/aromatic N) is 1. The maximum Gasteiger partial charge on any atom is 0.328 e. The Hall–Kier alpha value is -3.30. The molecule has 1 aromatic rings. The van der Waals surface area contributed by atoms with Gasteiger partial charge in [-0.2, -0.15) is 0 Å². The zero-order chi connectivity index (χ0) is 40.8. The Morgan fingerprint density at radius 3 is 2.15 bits per heavy atom. The smallest absolute Gasteiger partial charge is 0.328 e. The van der Waals surface area contributed by atoms with Crippen LogP contribution in [-0.4, -0.2) is 105 Å². The number of likely N-dealkylation sites (N-methyl/N-ethyl adjacent to an activating group) is 1. The van der Waals surface area contributed by atoms with E-state index in [1.807, 2.05) is 47.8 Å². The number of thiol groups is 1. The van der Waals surface area contributed by atoms with Gasteiger partial charge in [0.2, 0.25) is 23.6 Å². The molecule has 13 nitrogen and oxygen atoms in total. The van der Waals surface area contributed by atoms with Gasteiger partial charge in [0.05, 0.1) is 25.6 Å². The van der Waals surface area contributed by atoms with Crippen molar-refractivity contribution in [2.24, 2.45) is 17.8 Å². The van der Waals surface area contributed by atoms with Gasteiger partial charge in [-0.3, -0.25) is 19.2 Å². The van der Waals surface area contributed by atoms with Crippen molar-refractivity contribution in [2.75, 3.05) is 33.6 Å². The van der Waals surface area contributed by atoms with Crippen molar-refractivity contribution >= 4 is 58.3 Å². The lowest BCUT2D eigenvalue weighted by molar-refractivity contribution is -0.149. The van der Waals surface area contributed by atoms with Crippen molar-refractivity contribution in [3.8, 4) is 5.75 Å². The van der Waals surface area contributed by atoms with Gasteiger partial charge >= 0.3 is 5.97 Å². The first kappa shape index (κ1) is 48.7. The first-order chi connectivity index (χ1) is 25.6. The van der Waals surface area contributed by atoms with Gasteiger partial charge in [-0.05, 0) is 74.4 Å². The minimum absolute atomic E-state index is 0.0318. The number of esters is 1. The summed E-state index contributed by atoms with van der Waals surface area (Å²) in [4.78, 5) is 78.8. The SMILES string of the molecule is CCC(C)[C@H](CCC(=O)NC(C=O)C(C)C)NC(=O)CCOC(=O)C(Cc1ccc(OC)cc1)NC(=O)C1CCCN1C(=O)C(CC(C)C)NC.CSS. The van der Waals surface area contributed by atoms with Gasteiger partial charge in [0.25, 0.3) is 0 Å². The Balaban J connectivity index is 0.00000469. The molecule has 2 rings (SSSR count). The molecule has 0 spiro atoms. The average Bonchev–Trinajstić information content (AvgIpc) is 3.64. The first-order valence-electron chi connectivity index (χ1n) is 18.9. The van der Waals surface area contributed by atoms with Crippen LogP contribution in [-0.2, 0) is 39.9 Å². The number of rotatable bonds is 22. The maximum absolute atomic E-state index is 13.7. The lowest BCUT2D eigenvalue weighted by Gasteiger charge is -2.30. The Labute approximate surface area is 331 Å². The number of benzene rings is 1. The van der Waals surface area contributed by atoms with Gasteiger partial charge in [0.1, 0.15) is 30.7 Å². The van der Waals surface area contributed by atoms with Crippen LogP contribution in [0.25, 0.3) is 0 Å². The average molecular weight is 796 g/mol. The Kier molecular flexibility index (Phi) is 23.9. The van der Waals surface area contributed by atoms with Crippen LogP contribution in [0.3, 0.4) is 0 Å². The Morgan fingerprint density at radius 2 is 1.61 bits per heavy atom.